The molecule has 1 aliphatic carbocycles. The van der Waals surface area contributed by atoms with Crippen molar-refractivity contribution < 1.29 is 13.2 Å². The summed E-state index contributed by atoms with van der Waals surface area (Å²) in [6, 6.07) is 7.00. The molecule has 0 heterocycles. The number of rotatable bonds is 5. The van der Waals surface area contributed by atoms with Gasteiger partial charge in [0.25, 0.3) is 5.91 Å². The van der Waals surface area contributed by atoms with E-state index in [4.69, 9.17) is 0 Å². The van der Waals surface area contributed by atoms with Gasteiger partial charge in [-0.15, -0.1) is 0 Å². The molecule has 2 rings (SSSR count). The van der Waals surface area contributed by atoms with Crippen LogP contribution in [0.2, 0.25) is 0 Å². The van der Waals surface area contributed by atoms with Crippen LogP contribution in [0.3, 0.4) is 0 Å². The second-order valence-electron chi connectivity index (χ2n) is 6.23. The van der Waals surface area contributed by atoms with Gasteiger partial charge in [0.15, 0.2) is 0 Å². The lowest BCUT2D eigenvalue weighted by molar-refractivity contribution is -0.119. The summed E-state index contributed by atoms with van der Waals surface area (Å²) < 4.78 is 26.2. The van der Waals surface area contributed by atoms with Gasteiger partial charge in [-0.2, -0.15) is 5.10 Å². The van der Waals surface area contributed by atoms with Crippen LogP contribution in [0.1, 0.15) is 44.9 Å². The third kappa shape index (κ3) is 6.93. The van der Waals surface area contributed by atoms with Gasteiger partial charge in [-0.3, -0.25) is 9.10 Å². The van der Waals surface area contributed by atoms with Gasteiger partial charge in [-0.25, -0.2) is 13.8 Å². The molecule has 0 saturated heterocycles. The molecule has 0 atom stereocenters. The van der Waals surface area contributed by atoms with Gasteiger partial charge in [0.05, 0.1) is 11.9 Å². The largest absolute Gasteiger partial charge is 0.271 e. The Hall–Kier alpha value is -1.16. The van der Waals surface area contributed by atoms with E-state index in [0.717, 1.165) is 45.5 Å². The number of sulfonamides is 1. The molecule has 25 heavy (non-hydrogen) atoms. The molecule has 1 N–H and O–H groups in total. The van der Waals surface area contributed by atoms with Crippen LogP contribution in [0.25, 0.3) is 0 Å². The maximum absolute atomic E-state index is 12.2. The molecule has 6 nitrogen and oxygen atoms in total. The summed E-state index contributed by atoms with van der Waals surface area (Å²) in [4.78, 5) is 12.2. The smallest absolute Gasteiger partial charge is 0.260 e. The van der Waals surface area contributed by atoms with Crippen LogP contribution in [0.15, 0.2) is 29.4 Å². The van der Waals surface area contributed by atoms with Crippen molar-refractivity contribution >= 4 is 49.9 Å². The van der Waals surface area contributed by atoms with Gasteiger partial charge in [0.1, 0.15) is 6.54 Å². The highest BCUT2D eigenvalue weighted by molar-refractivity contribution is 14.1. The van der Waals surface area contributed by atoms with Crippen LogP contribution < -0.4 is 9.73 Å². The van der Waals surface area contributed by atoms with E-state index in [1.165, 1.54) is 19.3 Å². The fourth-order valence-corrected chi connectivity index (χ4v) is 3.96. The Bertz CT molecular complexity index is 707. The second-order valence-corrected chi connectivity index (χ2v) is 9.38. The van der Waals surface area contributed by atoms with Crippen molar-refractivity contribution in [2.75, 3.05) is 17.1 Å². The first-order chi connectivity index (χ1) is 11.9. The van der Waals surface area contributed by atoms with Crippen molar-refractivity contribution in [1.29, 1.82) is 0 Å². The number of carbonyl (C=O) groups excluding carboxylic acids is 1. The molecule has 0 radical (unpaired) electrons. The summed E-state index contributed by atoms with van der Waals surface area (Å²) in [5.41, 5.74) is 3.99. The topological polar surface area (TPSA) is 78.8 Å². The summed E-state index contributed by atoms with van der Waals surface area (Å²) in [6.45, 7) is -0.282. The van der Waals surface area contributed by atoms with Gasteiger partial charge >= 0.3 is 0 Å². The summed E-state index contributed by atoms with van der Waals surface area (Å²) in [5.74, 6) is -0.432. The zero-order valence-corrected chi connectivity index (χ0v) is 17.3. The molecular formula is C17H24IN3O3S. The number of hydrogen-bond acceptors (Lipinski definition) is 4. The van der Waals surface area contributed by atoms with E-state index in [0.29, 0.717) is 5.69 Å². The number of nitrogens with zero attached hydrogens (tertiary/aromatic N) is 2. The fourth-order valence-electron chi connectivity index (χ4n) is 2.74. The van der Waals surface area contributed by atoms with Crippen molar-refractivity contribution in [1.82, 2.24) is 5.43 Å². The lowest BCUT2D eigenvalue weighted by Gasteiger charge is -2.21. The minimum atomic E-state index is -3.56. The van der Waals surface area contributed by atoms with E-state index in [2.05, 4.69) is 33.1 Å². The van der Waals surface area contributed by atoms with E-state index < -0.39 is 15.9 Å². The maximum atomic E-state index is 12.2. The van der Waals surface area contributed by atoms with Crippen LogP contribution in [0, 0.1) is 3.57 Å². The molecule has 0 aromatic heterocycles. The number of anilines is 1. The average molecular weight is 477 g/mol. The third-order valence-electron chi connectivity index (χ3n) is 4.07. The van der Waals surface area contributed by atoms with Gasteiger partial charge in [-0.05, 0) is 72.5 Å². The Labute approximate surface area is 163 Å². The summed E-state index contributed by atoms with van der Waals surface area (Å²) >= 11 is 2.15. The number of halogens is 1. The lowest BCUT2D eigenvalue weighted by atomic mass is 9.99. The Morgan fingerprint density at radius 1 is 1.12 bits per heavy atom. The fraction of sp³-hybridized carbons (Fsp3) is 0.529. The lowest BCUT2D eigenvalue weighted by Crippen LogP contribution is -2.39. The van der Waals surface area contributed by atoms with Crippen molar-refractivity contribution in [3.05, 3.63) is 27.8 Å². The van der Waals surface area contributed by atoms with Crippen LogP contribution >= 0.6 is 22.6 Å². The van der Waals surface area contributed by atoms with Gasteiger partial charge in [-0.1, -0.05) is 19.3 Å². The zero-order chi connectivity index (χ0) is 18.3. The van der Waals surface area contributed by atoms with Crippen LogP contribution in [-0.4, -0.2) is 32.8 Å². The second kappa shape index (κ2) is 9.51. The molecule has 0 spiro atoms. The van der Waals surface area contributed by atoms with E-state index in [1.54, 1.807) is 24.3 Å². The Morgan fingerprint density at radius 2 is 1.68 bits per heavy atom. The van der Waals surface area contributed by atoms with Crippen LogP contribution in [0.4, 0.5) is 5.69 Å². The van der Waals surface area contributed by atoms with E-state index in [-0.39, 0.29) is 6.54 Å². The Balaban J connectivity index is 2.03. The molecule has 1 aromatic carbocycles. The number of amides is 1. The standard InChI is InChI=1S/C17H24IN3O3S/c1-25(23,24)21(16-11-9-14(18)10-12-16)13-17(22)20-19-15-7-5-3-2-4-6-8-15/h9-12H,2-8,13H2,1H3,(H,20,22). The molecule has 138 valence electrons. The summed E-state index contributed by atoms with van der Waals surface area (Å²) in [6.07, 6.45) is 8.72. The normalized spacial score (nSPS) is 15.8. The van der Waals surface area contributed by atoms with Crippen molar-refractivity contribution in [2.24, 2.45) is 5.10 Å². The van der Waals surface area contributed by atoms with Crippen molar-refractivity contribution in [2.45, 2.75) is 44.9 Å². The Kier molecular flexibility index (Phi) is 7.67. The highest BCUT2D eigenvalue weighted by atomic mass is 127. The molecule has 8 heteroatoms. The van der Waals surface area contributed by atoms with Crippen LogP contribution in [-0.2, 0) is 14.8 Å². The number of carbonyl (C=O) groups is 1. The van der Waals surface area contributed by atoms with Crippen molar-refractivity contribution in [3.63, 3.8) is 0 Å². The van der Waals surface area contributed by atoms with Crippen LogP contribution in [0.5, 0.6) is 0 Å². The molecule has 1 fully saturated rings. The maximum Gasteiger partial charge on any atom is 0.260 e. The molecule has 0 unspecified atom stereocenters. The molecule has 1 aromatic rings. The molecule has 1 amide bonds. The SMILES string of the molecule is CS(=O)(=O)N(CC(=O)NN=C1CCCCCCC1)c1ccc(I)cc1. The molecule has 0 bridgehead atoms. The quantitative estimate of drug-likeness (QED) is 0.523. The third-order valence-corrected chi connectivity index (χ3v) is 5.93. The van der Waals surface area contributed by atoms with Gasteiger partial charge < -0.3 is 0 Å². The average Bonchev–Trinajstić information content (AvgIpc) is 2.51. The van der Waals surface area contributed by atoms with E-state index in [1.807, 2.05) is 0 Å². The number of nitrogens with one attached hydrogen (secondary N) is 1. The van der Waals surface area contributed by atoms with Crippen molar-refractivity contribution in [3.8, 4) is 0 Å². The molecular weight excluding hydrogens is 453 g/mol. The monoisotopic (exact) mass is 477 g/mol. The predicted octanol–water partition coefficient (Wildman–Crippen LogP) is 3.27. The zero-order valence-electron chi connectivity index (χ0n) is 14.4. The number of benzene rings is 1. The molecule has 1 saturated carbocycles. The van der Waals surface area contributed by atoms with Gasteiger partial charge in [0, 0.05) is 9.28 Å². The van der Waals surface area contributed by atoms with E-state index >= 15 is 0 Å². The van der Waals surface area contributed by atoms with Gasteiger partial charge in [0.2, 0.25) is 10.0 Å². The predicted molar refractivity (Wildman–Crippen MR) is 109 cm³/mol. The van der Waals surface area contributed by atoms with E-state index in [9.17, 15) is 13.2 Å². The number of hydrazone groups is 1. The minimum Gasteiger partial charge on any atom is -0.271 e. The minimum absolute atomic E-state index is 0.282. The molecule has 1 aliphatic rings. The highest BCUT2D eigenvalue weighted by Crippen LogP contribution is 2.19. The first kappa shape index (κ1) is 20.2. The Morgan fingerprint density at radius 3 is 2.24 bits per heavy atom. The number of hydrogen-bond donors (Lipinski definition) is 1. The first-order valence-corrected chi connectivity index (χ1v) is 11.4. The highest BCUT2D eigenvalue weighted by Gasteiger charge is 2.20. The molecule has 0 aliphatic heterocycles. The first-order valence-electron chi connectivity index (χ1n) is 8.44. The summed E-state index contributed by atoms with van der Waals surface area (Å²) in [5, 5.41) is 4.22. The summed E-state index contributed by atoms with van der Waals surface area (Å²) in [7, 11) is -3.56.